The normalized spacial score (nSPS) is 11.0. The summed E-state index contributed by atoms with van der Waals surface area (Å²) in [4.78, 5) is 24.1. The highest BCUT2D eigenvalue weighted by molar-refractivity contribution is 6.42. The molecule has 0 atom stereocenters. The Hall–Kier alpha value is -3.74. The van der Waals surface area contributed by atoms with Gasteiger partial charge in [-0.2, -0.15) is 0 Å². The predicted molar refractivity (Wildman–Crippen MR) is 109 cm³/mol. The number of rotatable bonds is 9. The molecule has 0 saturated heterocycles. The third kappa shape index (κ3) is 5.62. The van der Waals surface area contributed by atoms with E-state index in [0.717, 1.165) is 11.6 Å². The Kier molecular flexibility index (Phi) is 7.42. The second-order valence-corrected chi connectivity index (χ2v) is 5.93. The minimum Gasteiger partial charge on any atom is -0.504 e. The molecule has 0 heterocycles. The van der Waals surface area contributed by atoms with E-state index in [1.54, 1.807) is 24.3 Å². The predicted octanol–water partition coefficient (Wildman–Crippen LogP) is 3.38. The molecule has 0 aliphatic carbocycles. The molecule has 0 spiro atoms. The fraction of sp³-hybridized carbons (Fsp3) is 0.182. The highest BCUT2D eigenvalue weighted by Crippen LogP contribution is 2.37. The first-order valence-electron chi connectivity index (χ1n) is 8.63. The molecule has 0 fully saturated rings. The first kappa shape index (κ1) is 21.6. The molecule has 0 aliphatic rings. The van der Waals surface area contributed by atoms with Crippen LogP contribution >= 0.6 is 0 Å². The van der Waals surface area contributed by atoms with E-state index in [1.807, 2.05) is 0 Å². The van der Waals surface area contributed by atoms with Crippen LogP contribution in [-0.2, 0) is 9.59 Å². The molecule has 152 valence electrons. The van der Waals surface area contributed by atoms with Crippen LogP contribution in [0.4, 0.5) is 0 Å². The smallest absolute Gasteiger partial charge is 0.221 e. The average molecular weight is 398 g/mol. The van der Waals surface area contributed by atoms with Crippen LogP contribution in [0.25, 0.3) is 12.2 Å². The van der Waals surface area contributed by atoms with E-state index >= 15 is 0 Å². The molecule has 0 bridgehead atoms. The standard InChI is InChI=1S/C22H22O7/c1-27-19-11-14(7-10-18(19)25)5-4-6-16(23)17(24)9-8-15-12-20(28-2)22(26)21(13-15)29-3/h4-5,7-13,25-26H,6H2,1-3H3/b5-4+,9-8+. The van der Waals surface area contributed by atoms with E-state index in [2.05, 4.69) is 0 Å². The van der Waals surface area contributed by atoms with E-state index < -0.39 is 11.6 Å². The number of ketones is 2. The van der Waals surface area contributed by atoms with Crippen molar-refractivity contribution >= 4 is 23.7 Å². The molecule has 0 amide bonds. The Labute approximate surface area is 168 Å². The van der Waals surface area contributed by atoms with Crippen LogP contribution in [-0.4, -0.2) is 43.1 Å². The summed E-state index contributed by atoms with van der Waals surface area (Å²) in [7, 11) is 4.23. The van der Waals surface area contributed by atoms with Gasteiger partial charge in [-0.1, -0.05) is 24.3 Å². The van der Waals surface area contributed by atoms with Crippen LogP contribution in [0, 0.1) is 0 Å². The number of hydrogen-bond donors (Lipinski definition) is 2. The summed E-state index contributed by atoms with van der Waals surface area (Å²) >= 11 is 0. The molecule has 2 aromatic carbocycles. The monoisotopic (exact) mass is 398 g/mol. The fourth-order valence-corrected chi connectivity index (χ4v) is 2.48. The number of hydrogen-bond acceptors (Lipinski definition) is 7. The number of benzene rings is 2. The maximum atomic E-state index is 12.0. The molecular weight excluding hydrogens is 376 g/mol. The lowest BCUT2D eigenvalue weighted by Crippen LogP contribution is -2.09. The molecule has 2 rings (SSSR count). The van der Waals surface area contributed by atoms with E-state index in [-0.39, 0.29) is 29.4 Å². The molecule has 7 heteroatoms. The van der Waals surface area contributed by atoms with Crippen molar-refractivity contribution in [3.05, 3.63) is 53.6 Å². The Balaban J connectivity index is 2.03. The van der Waals surface area contributed by atoms with Gasteiger partial charge in [0.1, 0.15) is 0 Å². The molecule has 7 nitrogen and oxygen atoms in total. The van der Waals surface area contributed by atoms with Gasteiger partial charge in [-0.25, -0.2) is 0 Å². The number of carbonyl (C=O) groups excluding carboxylic acids is 2. The first-order chi connectivity index (χ1) is 13.9. The number of methoxy groups -OCH3 is 3. The minimum atomic E-state index is -0.663. The molecule has 0 aliphatic heterocycles. The summed E-state index contributed by atoms with van der Waals surface area (Å²) in [6.07, 6.45) is 5.75. The van der Waals surface area contributed by atoms with Gasteiger partial charge in [-0.15, -0.1) is 0 Å². The van der Waals surface area contributed by atoms with Gasteiger partial charge in [0.25, 0.3) is 0 Å². The Bertz CT molecular complexity index is 933. The lowest BCUT2D eigenvalue weighted by molar-refractivity contribution is -0.133. The topological polar surface area (TPSA) is 102 Å². The van der Waals surface area contributed by atoms with Crippen LogP contribution in [0.2, 0.25) is 0 Å². The summed E-state index contributed by atoms with van der Waals surface area (Å²) in [6, 6.07) is 7.79. The number of Topliss-reactive ketones (excluding diaryl/α,β-unsaturated/α-hetero) is 1. The van der Waals surface area contributed by atoms with Crippen molar-refractivity contribution in [2.75, 3.05) is 21.3 Å². The van der Waals surface area contributed by atoms with Crippen molar-refractivity contribution in [1.82, 2.24) is 0 Å². The summed E-state index contributed by atoms with van der Waals surface area (Å²) in [5.74, 6) is -0.679. The maximum Gasteiger partial charge on any atom is 0.221 e. The van der Waals surface area contributed by atoms with E-state index in [4.69, 9.17) is 14.2 Å². The lowest BCUT2D eigenvalue weighted by atomic mass is 10.1. The van der Waals surface area contributed by atoms with Crippen molar-refractivity contribution in [3.63, 3.8) is 0 Å². The minimum absolute atomic E-state index is 0.0172. The third-order valence-electron chi connectivity index (χ3n) is 4.02. The van der Waals surface area contributed by atoms with Crippen molar-refractivity contribution in [3.8, 4) is 28.7 Å². The van der Waals surface area contributed by atoms with Gasteiger partial charge >= 0.3 is 0 Å². The molecule has 0 radical (unpaired) electrons. The van der Waals surface area contributed by atoms with E-state index in [0.29, 0.717) is 11.3 Å². The summed E-state index contributed by atoms with van der Waals surface area (Å²) in [5.41, 5.74) is 1.25. The second-order valence-electron chi connectivity index (χ2n) is 5.93. The summed E-state index contributed by atoms with van der Waals surface area (Å²) < 4.78 is 15.1. The largest absolute Gasteiger partial charge is 0.504 e. The van der Waals surface area contributed by atoms with Crippen molar-refractivity contribution in [1.29, 1.82) is 0 Å². The zero-order valence-corrected chi connectivity index (χ0v) is 16.3. The summed E-state index contributed by atoms with van der Waals surface area (Å²) in [6.45, 7) is 0. The van der Waals surface area contributed by atoms with Gasteiger partial charge in [0.2, 0.25) is 17.3 Å². The van der Waals surface area contributed by atoms with Crippen molar-refractivity contribution in [2.24, 2.45) is 0 Å². The third-order valence-corrected chi connectivity index (χ3v) is 4.02. The second kappa shape index (κ2) is 9.98. The van der Waals surface area contributed by atoms with Crippen LogP contribution in [0.3, 0.4) is 0 Å². The van der Waals surface area contributed by atoms with Gasteiger partial charge in [0.15, 0.2) is 23.0 Å². The highest BCUT2D eigenvalue weighted by Gasteiger charge is 2.12. The fourth-order valence-electron chi connectivity index (χ4n) is 2.48. The number of allylic oxidation sites excluding steroid dienone is 2. The number of aromatic hydroxyl groups is 2. The molecule has 0 aromatic heterocycles. The number of carbonyl (C=O) groups is 2. The Morgan fingerprint density at radius 2 is 1.45 bits per heavy atom. The molecule has 0 saturated carbocycles. The molecule has 2 N–H and O–H groups in total. The highest BCUT2D eigenvalue weighted by atomic mass is 16.5. The Morgan fingerprint density at radius 1 is 0.862 bits per heavy atom. The van der Waals surface area contributed by atoms with E-state index in [1.165, 1.54) is 45.6 Å². The van der Waals surface area contributed by atoms with Gasteiger partial charge < -0.3 is 24.4 Å². The van der Waals surface area contributed by atoms with Crippen molar-refractivity contribution < 1.29 is 34.0 Å². The van der Waals surface area contributed by atoms with Gasteiger partial charge in [-0.05, 0) is 41.5 Å². The number of ether oxygens (including phenoxy) is 3. The molecule has 29 heavy (non-hydrogen) atoms. The number of phenolic OH excluding ortho intramolecular Hbond substituents is 2. The number of phenols is 2. The van der Waals surface area contributed by atoms with Crippen molar-refractivity contribution in [2.45, 2.75) is 6.42 Å². The van der Waals surface area contributed by atoms with E-state index in [9.17, 15) is 19.8 Å². The lowest BCUT2D eigenvalue weighted by Gasteiger charge is -2.09. The van der Waals surface area contributed by atoms with Crippen LogP contribution in [0.5, 0.6) is 28.7 Å². The van der Waals surface area contributed by atoms with Gasteiger partial charge in [-0.3, -0.25) is 9.59 Å². The Morgan fingerprint density at radius 3 is 2.03 bits per heavy atom. The van der Waals surface area contributed by atoms with Crippen LogP contribution in [0.15, 0.2) is 42.5 Å². The first-order valence-corrected chi connectivity index (χ1v) is 8.63. The van der Waals surface area contributed by atoms with Gasteiger partial charge in [0, 0.05) is 6.42 Å². The zero-order chi connectivity index (χ0) is 21.4. The molecular formula is C22H22O7. The zero-order valence-electron chi connectivity index (χ0n) is 16.3. The summed E-state index contributed by atoms with van der Waals surface area (Å²) in [5, 5.41) is 19.5. The van der Waals surface area contributed by atoms with Gasteiger partial charge in [0.05, 0.1) is 21.3 Å². The quantitative estimate of drug-likeness (QED) is 0.493. The van der Waals surface area contributed by atoms with Crippen LogP contribution in [0.1, 0.15) is 17.5 Å². The SMILES string of the molecule is COc1cc(/C=C/CC(=O)C(=O)/C=C/c2cc(OC)c(O)c(OC)c2)ccc1O. The average Bonchev–Trinajstić information content (AvgIpc) is 2.73. The molecule has 2 aromatic rings. The van der Waals surface area contributed by atoms with Crippen LogP contribution < -0.4 is 14.2 Å². The molecule has 0 unspecified atom stereocenters. The maximum absolute atomic E-state index is 12.0.